The van der Waals surface area contributed by atoms with Gasteiger partial charge in [0.05, 0.1) is 6.61 Å². The zero-order valence-corrected chi connectivity index (χ0v) is 10.7. The van der Waals surface area contributed by atoms with E-state index in [-0.39, 0.29) is 11.4 Å². The van der Waals surface area contributed by atoms with Gasteiger partial charge in [-0.05, 0) is 44.1 Å². The number of rotatable bonds is 0. The molecule has 3 aliphatic carbocycles. The molecule has 3 nitrogen and oxygen atoms in total. The SMILES string of the molecule is C=C1CCC2CC1[C@@]21CO[C@@]2(C=C(C)C(=O)O2)C1. The van der Waals surface area contributed by atoms with E-state index in [0.717, 1.165) is 18.9 Å². The molecule has 1 saturated heterocycles. The molecule has 18 heavy (non-hydrogen) atoms. The maximum atomic E-state index is 11.6. The van der Waals surface area contributed by atoms with Gasteiger partial charge in [0, 0.05) is 17.4 Å². The van der Waals surface area contributed by atoms with Gasteiger partial charge >= 0.3 is 5.97 Å². The molecule has 2 bridgehead atoms. The fourth-order valence-corrected chi connectivity index (χ4v) is 4.51. The van der Waals surface area contributed by atoms with Gasteiger partial charge in [0.15, 0.2) is 0 Å². The molecule has 2 unspecified atom stereocenters. The minimum absolute atomic E-state index is 0.205. The van der Waals surface area contributed by atoms with Gasteiger partial charge in [0.25, 0.3) is 0 Å². The number of carbonyl (C=O) groups excluding carboxylic acids is 1. The van der Waals surface area contributed by atoms with Crippen molar-refractivity contribution in [1.82, 2.24) is 0 Å². The zero-order valence-electron chi connectivity index (χ0n) is 10.7. The highest BCUT2D eigenvalue weighted by Gasteiger charge is 2.66. The molecule has 2 spiro atoms. The maximum Gasteiger partial charge on any atom is 0.336 e. The Balaban J connectivity index is 1.65. The van der Waals surface area contributed by atoms with E-state index in [1.165, 1.54) is 24.8 Å². The average molecular weight is 246 g/mol. The van der Waals surface area contributed by atoms with E-state index in [4.69, 9.17) is 9.47 Å². The minimum Gasteiger partial charge on any atom is -0.426 e. The molecular weight excluding hydrogens is 228 g/mol. The number of hydrogen-bond acceptors (Lipinski definition) is 3. The quantitative estimate of drug-likeness (QED) is 0.487. The summed E-state index contributed by atoms with van der Waals surface area (Å²) in [6.07, 6.45) is 6.36. The Morgan fingerprint density at radius 1 is 1.50 bits per heavy atom. The van der Waals surface area contributed by atoms with Crippen LogP contribution in [0.4, 0.5) is 0 Å². The van der Waals surface area contributed by atoms with Crippen LogP contribution in [0.5, 0.6) is 0 Å². The first-order valence-corrected chi connectivity index (χ1v) is 6.79. The van der Waals surface area contributed by atoms with E-state index in [1.54, 1.807) is 6.92 Å². The van der Waals surface area contributed by atoms with Crippen LogP contribution in [0, 0.1) is 17.3 Å². The van der Waals surface area contributed by atoms with Crippen LogP contribution < -0.4 is 0 Å². The van der Waals surface area contributed by atoms with Crippen LogP contribution in [-0.2, 0) is 14.3 Å². The summed E-state index contributed by atoms with van der Waals surface area (Å²) in [6, 6.07) is 0. The van der Waals surface area contributed by atoms with Crippen LogP contribution in [0.15, 0.2) is 23.8 Å². The van der Waals surface area contributed by atoms with Gasteiger partial charge in [0.2, 0.25) is 5.79 Å². The van der Waals surface area contributed by atoms with Crippen molar-refractivity contribution in [2.45, 2.75) is 38.4 Å². The van der Waals surface area contributed by atoms with Crippen molar-refractivity contribution >= 4 is 5.97 Å². The Morgan fingerprint density at radius 3 is 2.94 bits per heavy atom. The largest absolute Gasteiger partial charge is 0.426 e. The molecular formula is C15H18O3. The molecule has 5 rings (SSSR count). The molecule has 0 radical (unpaired) electrons. The van der Waals surface area contributed by atoms with Crippen molar-refractivity contribution in [3.63, 3.8) is 0 Å². The van der Waals surface area contributed by atoms with E-state index in [1.807, 2.05) is 6.08 Å². The van der Waals surface area contributed by atoms with Gasteiger partial charge in [-0.25, -0.2) is 4.79 Å². The lowest BCUT2D eigenvalue weighted by Crippen LogP contribution is -2.54. The summed E-state index contributed by atoms with van der Waals surface area (Å²) in [6.45, 7) is 6.74. The molecule has 0 amide bonds. The minimum atomic E-state index is -0.754. The number of esters is 1. The smallest absolute Gasteiger partial charge is 0.336 e. The molecule has 3 saturated carbocycles. The van der Waals surface area contributed by atoms with Crippen molar-refractivity contribution in [2.24, 2.45) is 17.3 Å². The second-order valence-electron chi connectivity index (χ2n) is 6.41. The van der Waals surface area contributed by atoms with Gasteiger partial charge in [0.1, 0.15) is 0 Å². The Hall–Kier alpha value is -1.09. The molecule has 5 aliphatic rings. The number of fused-ring (bicyclic) bond motifs is 2. The fourth-order valence-electron chi connectivity index (χ4n) is 4.51. The molecule has 0 N–H and O–H groups in total. The maximum absolute atomic E-state index is 11.6. The average Bonchev–Trinajstić information content (AvgIpc) is 2.82. The summed E-state index contributed by atoms with van der Waals surface area (Å²) < 4.78 is 11.4. The predicted octanol–water partition coefficient (Wildman–Crippen LogP) is 2.58. The van der Waals surface area contributed by atoms with Crippen LogP contribution in [0.1, 0.15) is 32.6 Å². The number of carbonyl (C=O) groups is 1. The van der Waals surface area contributed by atoms with Crippen LogP contribution in [0.25, 0.3) is 0 Å². The highest BCUT2D eigenvalue weighted by atomic mass is 16.7. The number of allylic oxidation sites excluding steroid dienone is 1. The summed E-state index contributed by atoms with van der Waals surface area (Å²) in [5, 5.41) is 0. The number of hydrogen-bond donors (Lipinski definition) is 0. The Kier molecular flexibility index (Phi) is 1.85. The third-order valence-corrected chi connectivity index (χ3v) is 5.52. The van der Waals surface area contributed by atoms with E-state index in [0.29, 0.717) is 11.5 Å². The predicted molar refractivity (Wildman–Crippen MR) is 65.6 cm³/mol. The van der Waals surface area contributed by atoms with E-state index in [9.17, 15) is 4.79 Å². The molecule has 4 fully saturated rings. The van der Waals surface area contributed by atoms with Crippen LogP contribution in [0.3, 0.4) is 0 Å². The van der Waals surface area contributed by atoms with Crippen LogP contribution in [0.2, 0.25) is 0 Å². The van der Waals surface area contributed by atoms with Gasteiger partial charge < -0.3 is 9.47 Å². The summed E-state index contributed by atoms with van der Waals surface area (Å²) in [5.41, 5.74) is 2.26. The first-order chi connectivity index (χ1) is 8.55. The Morgan fingerprint density at radius 2 is 2.33 bits per heavy atom. The van der Waals surface area contributed by atoms with E-state index >= 15 is 0 Å². The second-order valence-corrected chi connectivity index (χ2v) is 6.41. The van der Waals surface area contributed by atoms with Gasteiger partial charge in [-0.15, -0.1) is 0 Å². The fraction of sp³-hybridized carbons (Fsp3) is 0.667. The van der Waals surface area contributed by atoms with Crippen molar-refractivity contribution in [3.05, 3.63) is 23.8 Å². The van der Waals surface area contributed by atoms with Crippen molar-refractivity contribution in [3.8, 4) is 0 Å². The van der Waals surface area contributed by atoms with E-state index in [2.05, 4.69) is 6.58 Å². The van der Waals surface area contributed by atoms with Gasteiger partial charge in [-0.3, -0.25) is 0 Å². The third-order valence-electron chi connectivity index (χ3n) is 5.52. The molecule has 0 aromatic carbocycles. The molecule has 4 atom stereocenters. The highest BCUT2D eigenvalue weighted by Crippen LogP contribution is 2.67. The second kappa shape index (κ2) is 3.08. The highest BCUT2D eigenvalue weighted by molar-refractivity contribution is 5.90. The Bertz CT molecular complexity index is 490. The molecule has 2 aliphatic heterocycles. The summed E-state index contributed by atoms with van der Waals surface area (Å²) in [7, 11) is 0. The first kappa shape index (κ1) is 10.8. The summed E-state index contributed by atoms with van der Waals surface area (Å²) in [4.78, 5) is 11.6. The number of ether oxygens (including phenoxy) is 2. The summed E-state index contributed by atoms with van der Waals surface area (Å²) >= 11 is 0. The van der Waals surface area contributed by atoms with Crippen molar-refractivity contribution in [1.29, 1.82) is 0 Å². The standard InChI is InChI=1S/C15H18O3/c1-9-3-4-11-5-12(9)14(11)7-15(17-8-14)6-10(2)13(16)18-15/h6,11-12H,1,3-5,7-8H2,2H3/t11?,12?,14-,15+/m0/s1. The lowest BCUT2D eigenvalue weighted by molar-refractivity contribution is -0.182. The molecule has 2 heterocycles. The van der Waals surface area contributed by atoms with Crippen molar-refractivity contribution in [2.75, 3.05) is 6.61 Å². The van der Waals surface area contributed by atoms with Gasteiger partial charge in [-0.2, -0.15) is 0 Å². The normalized spacial score (nSPS) is 49.5. The third kappa shape index (κ3) is 1.11. The lowest BCUT2D eigenvalue weighted by Gasteiger charge is -2.58. The molecule has 0 aromatic heterocycles. The lowest BCUT2D eigenvalue weighted by atomic mass is 9.45. The van der Waals surface area contributed by atoms with Crippen molar-refractivity contribution < 1.29 is 14.3 Å². The summed E-state index contributed by atoms with van der Waals surface area (Å²) in [5.74, 6) is 0.342. The van der Waals surface area contributed by atoms with Crippen LogP contribution in [-0.4, -0.2) is 18.4 Å². The monoisotopic (exact) mass is 246 g/mol. The first-order valence-electron chi connectivity index (χ1n) is 6.79. The Labute approximate surface area is 107 Å². The van der Waals surface area contributed by atoms with Gasteiger partial charge in [-0.1, -0.05) is 12.2 Å². The van der Waals surface area contributed by atoms with E-state index < -0.39 is 5.79 Å². The molecule has 0 aromatic rings. The van der Waals surface area contributed by atoms with Crippen LogP contribution >= 0.6 is 0 Å². The topological polar surface area (TPSA) is 35.5 Å². The zero-order chi connectivity index (χ0) is 12.5. The molecule has 96 valence electrons. The molecule has 3 heteroatoms.